The summed E-state index contributed by atoms with van der Waals surface area (Å²) in [7, 11) is 9.32. The molecule has 0 aromatic heterocycles. The van der Waals surface area contributed by atoms with E-state index in [4.69, 9.17) is 23.7 Å². The summed E-state index contributed by atoms with van der Waals surface area (Å²) in [5.41, 5.74) is -2.23. The Bertz CT molecular complexity index is 1260. The van der Waals surface area contributed by atoms with Crippen molar-refractivity contribution in [3.05, 3.63) is 35.9 Å². The van der Waals surface area contributed by atoms with E-state index in [0.717, 1.165) is 32.4 Å². The first-order chi connectivity index (χ1) is 21.6. The molecule has 1 aromatic carbocycles. The lowest BCUT2D eigenvalue weighted by Crippen LogP contribution is -2.68. The number of benzene rings is 1. The van der Waals surface area contributed by atoms with Crippen molar-refractivity contribution in [3.8, 4) is 0 Å². The van der Waals surface area contributed by atoms with E-state index in [9.17, 15) is 15.0 Å². The van der Waals surface area contributed by atoms with Crippen molar-refractivity contribution in [1.29, 1.82) is 0 Å². The fourth-order valence-corrected chi connectivity index (χ4v) is 12.9. The van der Waals surface area contributed by atoms with Gasteiger partial charge in [0.25, 0.3) is 0 Å². The van der Waals surface area contributed by atoms with E-state index in [-0.39, 0.29) is 52.6 Å². The maximum Gasteiger partial charge on any atom is 0.338 e. The second kappa shape index (κ2) is 11.2. The highest BCUT2D eigenvalue weighted by atomic mass is 16.6. The Balaban J connectivity index is 1.49. The number of likely N-dealkylation sites (tertiary alicyclic amines) is 1. The van der Waals surface area contributed by atoms with E-state index in [0.29, 0.717) is 31.4 Å². The largest absolute Gasteiger partial charge is 0.455 e. The maximum absolute atomic E-state index is 13.9. The number of carbonyl (C=O) groups is 1. The van der Waals surface area contributed by atoms with Crippen molar-refractivity contribution >= 4 is 5.97 Å². The molecule has 14 unspecified atom stereocenters. The number of nitrogens with zero attached hydrogens (tertiary/aromatic N) is 1. The molecule has 0 amide bonds. The maximum atomic E-state index is 13.9. The van der Waals surface area contributed by atoms with Gasteiger partial charge in [0.05, 0.1) is 36.6 Å². The van der Waals surface area contributed by atoms with Crippen LogP contribution in [0.4, 0.5) is 0 Å². The molecule has 2 N–H and O–H groups in total. The Hall–Kier alpha value is -1.59. The number of ether oxygens (including phenoxy) is 5. The van der Waals surface area contributed by atoms with Gasteiger partial charge in [0.2, 0.25) is 0 Å². The van der Waals surface area contributed by atoms with Crippen molar-refractivity contribution in [1.82, 2.24) is 4.90 Å². The number of aliphatic hydroxyl groups excluding tert-OH is 1. The van der Waals surface area contributed by atoms with Crippen LogP contribution in [-0.4, -0.2) is 112 Å². The molecule has 7 rings (SSSR count). The van der Waals surface area contributed by atoms with Crippen LogP contribution >= 0.6 is 0 Å². The van der Waals surface area contributed by atoms with E-state index in [2.05, 4.69) is 18.9 Å². The molecule has 9 heteroatoms. The minimum Gasteiger partial charge on any atom is -0.455 e. The lowest BCUT2D eigenvalue weighted by molar-refractivity contribution is -0.244. The van der Waals surface area contributed by atoms with Gasteiger partial charge in [-0.2, -0.15) is 0 Å². The fraction of sp³-hybridized carbons (Fsp3) is 0.806. The number of carbonyl (C=O) groups excluding carboxylic acids is 1. The molecule has 7 bridgehead atoms. The first-order valence-electron chi connectivity index (χ1n) is 17.0. The van der Waals surface area contributed by atoms with Crippen LogP contribution in [0, 0.1) is 45.8 Å². The van der Waals surface area contributed by atoms with Gasteiger partial charge < -0.3 is 38.8 Å². The van der Waals surface area contributed by atoms with Crippen molar-refractivity contribution in [3.63, 3.8) is 0 Å². The molecule has 14 atom stereocenters. The van der Waals surface area contributed by atoms with Crippen LogP contribution in [0.1, 0.15) is 55.8 Å². The molecule has 6 aliphatic rings. The molecule has 250 valence electrons. The smallest absolute Gasteiger partial charge is 0.338 e. The quantitative estimate of drug-likeness (QED) is 0.440. The number of fused-ring (bicyclic) bond motifs is 2. The van der Waals surface area contributed by atoms with Crippen LogP contribution in [0.25, 0.3) is 0 Å². The van der Waals surface area contributed by atoms with Crippen LogP contribution in [0.2, 0.25) is 0 Å². The average Bonchev–Trinajstić information content (AvgIpc) is 3.50. The molecule has 9 nitrogen and oxygen atoms in total. The van der Waals surface area contributed by atoms with Crippen molar-refractivity contribution in [2.24, 2.45) is 45.8 Å². The van der Waals surface area contributed by atoms with E-state index in [1.54, 1.807) is 26.4 Å². The topological polar surface area (TPSA) is 107 Å². The van der Waals surface area contributed by atoms with Crippen LogP contribution in [0.5, 0.6) is 0 Å². The zero-order valence-corrected chi connectivity index (χ0v) is 27.8. The van der Waals surface area contributed by atoms with Crippen molar-refractivity contribution in [2.75, 3.05) is 55.2 Å². The molecule has 1 spiro atoms. The Kier molecular flexibility index (Phi) is 7.99. The van der Waals surface area contributed by atoms with E-state index in [1.165, 1.54) is 0 Å². The molecular formula is C36H53NO8. The van der Waals surface area contributed by atoms with Gasteiger partial charge in [-0.3, -0.25) is 0 Å². The molecule has 45 heavy (non-hydrogen) atoms. The van der Waals surface area contributed by atoms with Gasteiger partial charge in [0.15, 0.2) is 0 Å². The number of rotatable bonds is 7. The summed E-state index contributed by atoms with van der Waals surface area (Å²) in [4.78, 5) is 16.3. The van der Waals surface area contributed by atoms with Crippen LogP contribution < -0.4 is 0 Å². The van der Waals surface area contributed by atoms with Crippen LogP contribution in [0.15, 0.2) is 30.3 Å². The third-order valence-corrected chi connectivity index (χ3v) is 14.3. The summed E-state index contributed by atoms with van der Waals surface area (Å²) in [5.74, 6) is -0.700. The number of hydrogen-bond acceptors (Lipinski definition) is 9. The summed E-state index contributed by atoms with van der Waals surface area (Å²) < 4.78 is 32.0. The monoisotopic (exact) mass is 627 g/mol. The third kappa shape index (κ3) is 4.07. The highest BCUT2D eigenvalue weighted by Crippen LogP contribution is 2.81. The predicted octanol–water partition coefficient (Wildman–Crippen LogP) is 3.41. The number of esters is 1. The zero-order chi connectivity index (χ0) is 31.9. The Morgan fingerprint density at radius 1 is 0.956 bits per heavy atom. The minimum atomic E-state index is -1.43. The van der Waals surface area contributed by atoms with E-state index in [1.807, 2.05) is 32.4 Å². The van der Waals surface area contributed by atoms with Gasteiger partial charge in [-0.05, 0) is 82.0 Å². The van der Waals surface area contributed by atoms with Gasteiger partial charge in [0.1, 0.15) is 11.7 Å². The van der Waals surface area contributed by atoms with Crippen molar-refractivity contribution in [2.45, 2.75) is 81.6 Å². The Labute approximate surface area is 267 Å². The van der Waals surface area contributed by atoms with Gasteiger partial charge in [-0.25, -0.2) is 4.79 Å². The molecule has 1 heterocycles. The average molecular weight is 628 g/mol. The molecule has 1 saturated heterocycles. The first-order valence-corrected chi connectivity index (χ1v) is 17.0. The molecule has 6 fully saturated rings. The highest BCUT2D eigenvalue weighted by molar-refractivity contribution is 5.89. The third-order valence-electron chi connectivity index (χ3n) is 14.3. The Morgan fingerprint density at radius 3 is 2.36 bits per heavy atom. The number of aliphatic hydroxyl groups is 2. The lowest BCUT2D eigenvalue weighted by atomic mass is 9.41. The molecule has 5 saturated carbocycles. The highest BCUT2D eigenvalue weighted by Gasteiger charge is 2.85. The van der Waals surface area contributed by atoms with E-state index < -0.39 is 35.3 Å². The minimum absolute atomic E-state index is 0.0457. The second-order valence-electron chi connectivity index (χ2n) is 15.6. The van der Waals surface area contributed by atoms with Crippen molar-refractivity contribution < 1.29 is 38.7 Å². The summed E-state index contributed by atoms with van der Waals surface area (Å²) in [5, 5.41) is 25.5. The summed E-state index contributed by atoms with van der Waals surface area (Å²) in [6, 6.07) is 9.02. The zero-order valence-electron chi connectivity index (χ0n) is 27.8. The van der Waals surface area contributed by atoms with Gasteiger partial charge in [-0.1, -0.05) is 25.1 Å². The van der Waals surface area contributed by atoms with Crippen LogP contribution in [0.3, 0.4) is 0 Å². The molecular weight excluding hydrogens is 574 g/mol. The fourth-order valence-electron chi connectivity index (χ4n) is 12.9. The summed E-state index contributed by atoms with van der Waals surface area (Å²) in [6.45, 7) is 4.66. The molecule has 0 radical (unpaired) electrons. The van der Waals surface area contributed by atoms with Crippen LogP contribution in [-0.2, 0) is 23.7 Å². The van der Waals surface area contributed by atoms with Gasteiger partial charge >= 0.3 is 5.97 Å². The predicted molar refractivity (Wildman–Crippen MR) is 166 cm³/mol. The second-order valence-corrected chi connectivity index (χ2v) is 15.6. The van der Waals surface area contributed by atoms with Gasteiger partial charge in [-0.15, -0.1) is 0 Å². The molecule has 1 aliphatic heterocycles. The standard InChI is InChI=1S/C36H53NO8/c1-33-24(38)12-13-25(42-4)35(40)18-22(28(33)31(35)45-32(39)21-10-8-7-9-11-21)36-23-19-37(2)17-16-34(20-41-3,15-14-26(36)43-5)30(36)29(44-6)27(23)33/h7-11,22-31,38,40H,12-20H2,1-6H3. The summed E-state index contributed by atoms with van der Waals surface area (Å²) in [6.07, 6.45) is 1.83. The normalized spacial score (nSPS) is 50.3. The van der Waals surface area contributed by atoms with Gasteiger partial charge in [0, 0.05) is 63.1 Å². The van der Waals surface area contributed by atoms with E-state index >= 15 is 0 Å². The SMILES string of the molecule is COCC12CCC(OC)C34C(CN(C)CC1)C(C(OC)C23)C1(C)C(O)CCC(OC)C2(O)CC4C1C2OC(=O)c1ccccc1. The molecule has 5 aliphatic carbocycles. The number of methoxy groups -OCH3 is 4. The first kappa shape index (κ1) is 32.0. The molecule has 1 aromatic rings. The Morgan fingerprint density at radius 2 is 1.69 bits per heavy atom. The summed E-state index contributed by atoms with van der Waals surface area (Å²) >= 11 is 0. The lowest BCUT2D eigenvalue weighted by Gasteiger charge is -2.66. The number of hydrogen-bond donors (Lipinski definition) is 2.